The number of hydrazone groups is 1. The van der Waals surface area contributed by atoms with Crippen LogP contribution in [0.2, 0.25) is 0 Å². The molecule has 2 aromatic rings. The van der Waals surface area contributed by atoms with Gasteiger partial charge in [-0.05, 0) is 42.0 Å². The molecular formula is C17H16N2O2S. The highest BCUT2D eigenvalue weighted by Crippen LogP contribution is 2.23. The Balaban J connectivity index is 1.52. The molecule has 1 fully saturated rings. The van der Waals surface area contributed by atoms with Gasteiger partial charge in [-0.1, -0.05) is 18.2 Å². The Morgan fingerprint density at radius 1 is 1.14 bits per heavy atom. The molecule has 0 radical (unpaired) electrons. The maximum absolute atomic E-state index is 11.8. The van der Waals surface area contributed by atoms with Gasteiger partial charge >= 0.3 is 0 Å². The molecule has 3 rings (SSSR count). The third-order valence-electron chi connectivity index (χ3n) is 3.21. The van der Waals surface area contributed by atoms with Gasteiger partial charge in [-0.15, -0.1) is 0 Å². The van der Waals surface area contributed by atoms with Crippen molar-refractivity contribution in [2.24, 2.45) is 5.10 Å². The Hall–Kier alpha value is -2.27. The molecule has 22 heavy (non-hydrogen) atoms. The first-order valence-corrected chi connectivity index (χ1v) is 8.20. The van der Waals surface area contributed by atoms with E-state index in [0.717, 1.165) is 22.8 Å². The second kappa shape index (κ2) is 7.13. The van der Waals surface area contributed by atoms with Gasteiger partial charge in [0.25, 0.3) is 5.91 Å². The lowest BCUT2D eigenvalue weighted by molar-refractivity contribution is 0.0955. The van der Waals surface area contributed by atoms with E-state index in [4.69, 9.17) is 4.74 Å². The molecule has 0 spiro atoms. The number of thioether (sulfide) groups is 1. The van der Waals surface area contributed by atoms with E-state index in [2.05, 4.69) is 10.5 Å². The smallest absolute Gasteiger partial charge is 0.271 e. The van der Waals surface area contributed by atoms with Gasteiger partial charge in [0.2, 0.25) is 0 Å². The normalized spacial score (nSPS) is 14.5. The van der Waals surface area contributed by atoms with Crippen LogP contribution in [0.3, 0.4) is 0 Å². The number of benzene rings is 2. The van der Waals surface area contributed by atoms with E-state index in [-0.39, 0.29) is 5.91 Å². The second-order valence-electron chi connectivity index (χ2n) is 4.91. The average Bonchev–Trinajstić information content (AvgIpc) is 2.53. The number of nitrogens with one attached hydrogen (secondary N) is 1. The highest BCUT2D eigenvalue weighted by atomic mass is 32.2. The van der Waals surface area contributed by atoms with Crippen LogP contribution < -0.4 is 10.2 Å². The monoisotopic (exact) mass is 312 g/mol. The maximum Gasteiger partial charge on any atom is 0.271 e. The molecule has 1 saturated heterocycles. The summed E-state index contributed by atoms with van der Waals surface area (Å²) in [6.07, 6.45) is 1.96. The van der Waals surface area contributed by atoms with E-state index in [1.165, 1.54) is 0 Å². The summed E-state index contributed by atoms with van der Waals surface area (Å²) in [6, 6.07) is 16.7. The number of hydrogen-bond donors (Lipinski definition) is 1. The zero-order valence-corrected chi connectivity index (χ0v) is 12.8. The van der Waals surface area contributed by atoms with Gasteiger partial charge < -0.3 is 4.74 Å². The molecule has 0 atom stereocenters. The predicted octanol–water partition coefficient (Wildman–Crippen LogP) is 2.94. The van der Waals surface area contributed by atoms with Crippen LogP contribution in [-0.2, 0) is 0 Å². The molecule has 1 heterocycles. The number of amides is 1. The average molecular weight is 312 g/mol. The van der Waals surface area contributed by atoms with Gasteiger partial charge in [0.05, 0.1) is 6.21 Å². The molecule has 0 saturated carbocycles. The van der Waals surface area contributed by atoms with E-state index in [9.17, 15) is 4.79 Å². The van der Waals surface area contributed by atoms with E-state index in [1.807, 2.05) is 54.2 Å². The Labute approximate surface area is 133 Å². The zero-order chi connectivity index (χ0) is 15.2. The Bertz CT molecular complexity index is 652. The summed E-state index contributed by atoms with van der Waals surface area (Å²) in [5.41, 5.74) is 4.00. The molecule has 1 aliphatic rings. The van der Waals surface area contributed by atoms with Crippen LogP contribution >= 0.6 is 11.8 Å². The van der Waals surface area contributed by atoms with E-state index < -0.39 is 0 Å². The Morgan fingerprint density at radius 2 is 1.86 bits per heavy atom. The number of carbonyl (C=O) groups excluding carboxylic acids is 1. The number of nitrogens with zero attached hydrogens (tertiary/aromatic N) is 1. The van der Waals surface area contributed by atoms with Crippen LogP contribution in [0, 0.1) is 0 Å². The van der Waals surface area contributed by atoms with Crippen molar-refractivity contribution in [2.45, 2.75) is 6.10 Å². The molecule has 112 valence electrons. The topological polar surface area (TPSA) is 50.7 Å². The zero-order valence-electron chi connectivity index (χ0n) is 11.9. The fraction of sp³-hybridized carbons (Fsp3) is 0.176. The first kappa shape index (κ1) is 14.7. The van der Waals surface area contributed by atoms with Crippen molar-refractivity contribution in [1.29, 1.82) is 0 Å². The molecule has 0 aromatic heterocycles. The number of carbonyl (C=O) groups is 1. The summed E-state index contributed by atoms with van der Waals surface area (Å²) in [6.45, 7) is 0. The van der Waals surface area contributed by atoms with Gasteiger partial charge in [0, 0.05) is 17.1 Å². The third kappa shape index (κ3) is 3.89. The highest BCUT2D eigenvalue weighted by Gasteiger charge is 2.19. The maximum atomic E-state index is 11.8. The standard InChI is InChI=1S/C17H16N2O2S/c20-17(14-4-2-1-3-5-14)19-18-10-13-6-8-15(9-7-13)21-16-11-22-12-16/h1-10,16H,11-12H2,(H,19,20)/b18-10+. The molecule has 2 aromatic carbocycles. The van der Waals surface area contributed by atoms with Crippen LogP contribution in [0.15, 0.2) is 59.7 Å². The lowest BCUT2D eigenvalue weighted by atomic mass is 10.2. The first-order chi connectivity index (χ1) is 10.8. The Morgan fingerprint density at radius 3 is 2.50 bits per heavy atom. The highest BCUT2D eigenvalue weighted by molar-refractivity contribution is 8.00. The Kier molecular flexibility index (Phi) is 4.75. The van der Waals surface area contributed by atoms with E-state index >= 15 is 0 Å². The first-order valence-electron chi connectivity index (χ1n) is 7.04. The van der Waals surface area contributed by atoms with Crippen molar-refractivity contribution in [2.75, 3.05) is 11.5 Å². The van der Waals surface area contributed by atoms with Gasteiger partial charge in [0.1, 0.15) is 11.9 Å². The van der Waals surface area contributed by atoms with Crippen molar-refractivity contribution < 1.29 is 9.53 Å². The van der Waals surface area contributed by atoms with Gasteiger partial charge in [-0.2, -0.15) is 16.9 Å². The van der Waals surface area contributed by atoms with E-state index in [0.29, 0.717) is 11.7 Å². The molecule has 0 unspecified atom stereocenters. The molecule has 5 heteroatoms. The summed E-state index contributed by atoms with van der Waals surface area (Å²) in [5, 5.41) is 3.97. The van der Waals surface area contributed by atoms with Crippen molar-refractivity contribution in [1.82, 2.24) is 5.43 Å². The number of hydrogen-bond acceptors (Lipinski definition) is 4. The summed E-state index contributed by atoms with van der Waals surface area (Å²) in [5.74, 6) is 2.78. The fourth-order valence-corrected chi connectivity index (χ4v) is 2.49. The van der Waals surface area contributed by atoms with Crippen LogP contribution in [-0.4, -0.2) is 29.7 Å². The minimum atomic E-state index is -0.223. The molecule has 1 aliphatic heterocycles. The summed E-state index contributed by atoms with van der Waals surface area (Å²) >= 11 is 1.89. The third-order valence-corrected chi connectivity index (χ3v) is 4.42. The van der Waals surface area contributed by atoms with Crippen molar-refractivity contribution in [3.8, 4) is 5.75 Å². The lowest BCUT2D eigenvalue weighted by Crippen LogP contribution is -2.30. The van der Waals surface area contributed by atoms with Crippen LogP contribution in [0.1, 0.15) is 15.9 Å². The number of ether oxygens (including phenoxy) is 1. The second-order valence-corrected chi connectivity index (χ2v) is 5.99. The minimum Gasteiger partial charge on any atom is -0.489 e. The molecular weight excluding hydrogens is 296 g/mol. The van der Waals surface area contributed by atoms with Gasteiger partial charge in [-0.3, -0.25) is 4.79 Å². The SMILES string of the molecule is O=C(N/N=C/c1ccc(OC2CSC2)cc1)c1ccccc1. The largest absolute Gasteiger partial charge is 0.489 e. The molecule has 1 amide bonds. The minimum absolute atomic E-state index is 0.223. The summed E-state index contributed by atoms with van der Waals surface area (Å²) < 4.78 is 5.77. The summed E-state index contributed by atoms with van der Waals surface area (Å²) in [7, 11) is 0. The van der Waals surface area contributed by atoms with Crippen LogP contribution in [0.5, 0.6) is 5.75 Å². The molecule has 0 aliphatic carbocycles. The molecule has 1 N–H and O–H groups in total. The van der Waals surface area contributed by atoms with Crippen molar-refractivity contribution in [3.63, 3.8) is 0 Å². The lowest BCUT2D eigenvalue weighted by Gasteiger charge is -2.25. The van der Waals surface area contributed by atoms with Crippen molar-refractivity contribution in [3.05, 3.63) is 65.7 Å². The van der Waals surface area contributed by atoms with Crippen LogP contribution in [0.4, 0.5) is 0 Å². The fourth-order valence-electron chi connectivity index (χ4n) is 1.93. The van der Waals surface area contributed by atoms with E-state index in [1.54, 1.807) is 18.3 Å². The van der Waals surface area contributed by atoms with Gasteiger partial charge in [0.15, 0.2) is 0 Å². The molecule has 0 bridgehead atoms. The molecule has 4 nitrogen and oxygen atoms in total. The summed E-state index contributed by atoms with van der Waals surface area (Å²) in [4.78, 5) is 11.8. The predicted molar refractivity (Wildman–Crippen MR) is 89.7 cm³/mol. The number of rotatable bonds is 5. The van der Waals surface area contributed by atoms with Gasteiger partial charge in [-0.25, -0.2) is 5.43 Å². The van der Waals surface area contributed by atoms with Crippen LogP contribution in [0.25, 0.3) is 0 Å². The van der Waals surface area contributed by atoms with Crippen molar-refractivity contribution >= 4 is 23.9 Å². The quantitative estimate of drug-likeness (QED) is 0.682.